The Morgan fingerprint density at radius 1 is 1.47 bits per heavy atom. The molecule has 2 aromatic heterocycles. The summed E-state index contributed by atoms with van der Waals surface area (Å²) in [5, 5.41) is 12.9. The van der Waals surface area contributed by atoms with E-state index in [-0.39, 0.29) is 6.42 Å². The highest BCUT2D eigenvalue weighted by Gasteiger charge is 2.14. The maximum absolute atomic E-state index is 10.6. The van der Waals surface area contributed by atoms with E-state index in [1.807, 2.05) is 12.1 Å². The molecule has 0 aliphatic carbocycles. The van der Waals surface area contributed by atoms with Crippen LogP contribution in [-0.4, -0.2) is 11.1 Å². The lowest BCUT2D eigenvalue weighted by Gasteiger charge is -2.04. The Balaban J connectivity index is 2.22. The molecule has 0 fully saturated rings. The smallest absolute Gasteiger partial charge is 0.305 e. The number of nitrogens with two attached hydrogens (primary N) is 1. The average Bonchev–Trinajstić information content (AvgIpc) is 2.84. The summed E-state index contributed by atoms with van der Waals surface area (Å²) in [6.45, 7) is 2.07. The second-order valence-electron chi connectivity index (χ2n) is 3.87. The molecule has 3 nitrogen and oxygen atoms in total. The van der Waals surface area contributed by atoms with E-state index in [0.29, 0.717) is 0 Å². The first-order valence-corrected chi connectivity index (χ1v) is 6.94. The first-order valence-electron chi connectivity index (χ1n) is 5.18. The third kappa shape index (κ3) is 2.74. The van der Waals surface area contributed by atoms with Gasteiger partial charge in [-0.25, -0.2) is 0 Å². The second kappa shape index (κ2) is 5.00. The van der Waals surface area contributed by atoms with Crippen LogP contribution in [0.1, 0.15) is 22.9 Å². The highest BCUT2D eigenvalue weighted by Crippen LogP contribution is 2.34. The van der Waals surface area contributed by atoms with Crippen molar-refractivity contribution in [2.75, 3.05) is 0 Å². The Kier molecular flexibility index (Phi) is 3.61. The molecule has 0 unspecified atom stereocenters. The van der Waals surface area contributed by atoms with Gasteiger partial charge in [-0.3, -0.25) is 4.79 Å². The third-order valence-electron chi connectivity index (χ3n) is 2.51. The van der Waals surface area contributed by atoms with Gasteiger partial charge < -0.3 is 10.8 Å². The van der Waals surface area contributed by atoms with Crippen LogP contribution in [-0.2, 0) is 4.79 Å². The molecule has 2 rings (SSSR count). The Hall–Kier alpha value is -1.17. The lowest BCUT2D eigenvalue weighted by molar-refractivity contribution is -0.137. The minimum atomic E-state index is -0.862. The molecule has 2 aromatic rings. The predicted molar refractivity (Wildman–Crippen MR) is 71.6 cm³/mol. The van der Waals surface area contributed by atoms with Gasteiger partial charge >= 0.3 is 5.97 Å². The molecule has 0 saturated heterocycles. The number of hydrogen-bond donors (Lipinski definition) is 2. The minimum absolute atomic E-state index is 0.0252. The fourth-order valence-corrected chi connectivity index (χ4v) is 3.61. The SMILES string of the molecule is Cc1cscc1-c1ccc([C@@H](N)CC(=O)O)s1. The maximum atomic E-state index is 10.6. The number of aliphatic carboxylic acids is 1. The summed E-state index contributed by atoms with van der Waals surface area (Å²) in [7, 11) is 0. The Morgan fingerprint density at radius 3 is 2.82 bits per heavy atom. The monoisotopic (exact) mass is 267 g/mol. The van der Waals surface area contributed by atoms with Crippen molar-refractivity contribution < 1.29 is 9.90 Å². The third-order valence-corrected chi connectivity index (χ3v) is 4.62. The van der Waals surface area contributed by atoms with Crippen molar-refractivity contribution in [2.24, 2.45) is 5.73 Å². The van der Waals surface area contributed by atoms with Crippen molar-refractivity contribution in [3.63, 3.8) is 0 Å². The largest absolute Gasteiger partial charge is 0.481 e. The second-order valence-corrected chi connectivity index (χ2v) is 5.73. The number of rotatable bonds is 4. The summed E-state index contributed by atoms with van der Waals surface area (Å²) < 4.78 is 0. The molecular weight excluding hydrogens is 254 g/mol. The summed E-state index contributed by atoms with van der Waals surface area (Å²) in [5.74, 6) is -0.862. The highest BCUT2D eigenvalue weighted by atomic mass is 32.1. The molecule has 1 atom stereocenters. The van der Waals surface area contributed by atoms with Gasteiger partial charge in [0.2, 0.25) is 0 Å². The fraction of sp³-hybridized carbons (Fsp3) is 0.250. The van der Waals surface area contributed by atoms with Gasteiger partial charge in [0.05, 0.1) is 6.42 Å². The zero-order valence-corrected chi connectivity index (χ0v) is 11.0. The van der Waals surface area contributed by atoms with Crippen LogP contribution < -0.4 is 5.73 Å². The summed E-state index contributed by atoms with van der Waals surface area (Å²) in [6, 6.07) is 3.52. The first kappa shape index (κ1) is 12.3. The zero-order valence-electron chi connectivity index (χ0n) is 9.34. The molecule has 0 spiro atoms. The van der Waals surface area contributed by atoms with Crippen molar-refractivity contribution in [3.8, 4) is 10.4 Å². The summed E-state index contributed by atoms with van der Waals surface area (Å²) in [5.41, 5.74) is 8.29. The molecule has 2 heterocycles. The van der Waals surface area contributed by atoms with Gasteiger partial charge in [-0.05, 0) is 35.4 Å². The molecule has 0 aromatic carbocycles. The molecule has 0 aliphatic rings. The van der Waals surface area contributed by atoms with Gasteiger partial charge in [0, 0.05) is 21.4 Å². The molecule has 17 heavy (non-hydrogen) atoms. The van der Waals surface area contributed by atoms with Crippen molar-refractivity contribution >= 4 is 28.6 Å². The summed E-state index contributed by atoms with van der Waals surface area (Å²) >= 11 is 3.24. The molecular formula is C12H13NO2S2. The molecule has 0 saturated carbocycles. The van der Waals surface area contributed by atoms with E-state index >= 15 is 0 Å². The van der Waals surface area contributed by atoms with E-state index in [1.54, 1.807) is 22.7 Å². The lowest BCUT2D eigenvalue weighted by atomic mass is 10.1. The fourth-order valence-electron chi connectivity index (χ4n) is 1.60. The minimum Gasteiger partial charge on any atom is -0.481 e. The Labute approximate surface area is 108 Å². The average molecular weight is 267 g/mol. The molecule has 0 bridgehead atoms. The van der Waals surface area contributed by atoms with Crippen LogP contribution in [0.2, 0.25) is 0 Å². The maximum Gasteiger partial charge on any atom is 0.305 e. The topological polar surface area (TPSA) is 63.3 Å². The summed E-state index contributed by atoms with van der Waals surface area (Å²) in [4.78, 5) is 12.7. The van der Waals surface area contributed by atoms with Gasteiger partial charge in [0.25, 0.3) is 0 Å². The van der Waals surface area contributed by atoms with Gasteiger partial charge in [-0.2, -0.15) is 11.3 Å². The van der Waals surface area contributed by atoms with Crippen LogP contribution in [0.3, 0.4) is 0 Å². The van der Waals surface area contributed by atoms with E-state index in [4.69, 9.17) is 10.8 Å². The Bertz CT molecular complexity index is 530. The van der Waals surface area contributed by atoms with Crippen LogP contribution in [0.4, 0.5) is 0 Å². The van der Waals surface area contributed by atoms with Crippen LogP contribution in [0.5, 0.6) is 0 Å². The molecule has 0 amide bonds. The zero-order chi connectivity index (χ0) is 12.4. The lowest BCUT2D eigenvalue weighted by Crippen LogP contribution is -2.13. The molecule has 0 aliphatic heterocycles. The quantitative estimate of drug-likeness (QED) is 0.893. The van der Waals surface area contributed by atoms with E-state index in [0.717, 1.165) is 9.75 Å². The van der Waals surface area contributed by atoms with Crippen LogP contribution in [0.15, 0.2) is 22.9 Å². The number of thiophene rings is 2. The summed E-state index contributed by atoms with van der Waals surface area (Å²) in [6.07, 6.45) is -0.0252. The first-order chi connectivity index (χ1) is 8.08. The molecule has 3 N–H and O–H groups in total. The van der Waals surface area contributed by atoms with Crippen molar-refractivity contribution in [2.45, 2.75) is 19.4 Å². The van der Waals surface area contributed by atoms with Crippen molar-refractivity contribution in [1.82, 2.24) is 0 Å². The molecule has 5 heteroatoms. The van der Waals surface area contributed by atoms with Crippen LogP contribution >= 0.6 is 22.7 Å². The molecule has 90 valence electrons. The van der Waals surface area contributed by atoms with E-state index in [1.165, 1.54) is 11.1 Å². The van der Waals surface area contributed by atoms with Crippen molar-refractivity contribution in [3.05, 3.63) is 33.3 Å². The highest BCUT2D eigenvalue weighted by molar-refractivity contribution is 7.16. The van der Waals surface area contributed by atoms with Gasteiger partial charge in [0.15, 0.2) is 0 Å². The molecule has 0 radical (unpaired) electrons. The van der Waals surface area contributed by atoms with Crippen LogP contribution in [0, 0.1) is 6.92 Å². The number of carboxylic acid groups (broad SMARTS) is 1. The van der Waals surface area contributed by atoms with E-state index < -0.39 is 12.0 Å². The van der Waals surface area contributed by atoms with E-state index in [2.05, 4.69) is 17.7 Å². The predicted octanol–water partition coefficient (Wildman–Crippen LogP) is 3.26. The van der Waals surface area contributed by atoms with Crippen LogP contribution in [0.25, 0.3) is 10.4 Å². The number of hydrogen-bond acceptors (Lipinski definition) is 4. The standard InChI is InChI=1S/C12H13NO2S2/c1-7-5-16-6-8(7)10-2-3-11(17-10)9(13)4-12(14)15/h2-3,5-6,9H,4,13H2,1H3,(H,14,15)/t9-/m0/s1. The van der Waals surface area contributed by atoms with Gasteiger partial charge in [0.1, 0.15) is 0 Å². The van der Waals surface area contributed by atoms with Gasteiger partial charge in [-0.1, -0.05) is 0 Å². The van der Waals surface area contributed by atoms with Gasteiger partial charge in [-0.15, -0.1) is 11.3 Å². The van der Waals surface area contributed by atoms with Crippen molar-refractivity contribution in [1.29, 1.82) is 0 Å². The Morgan fingerprint density at radius 2 is 2.24 bits per heavy atom. The number of carbonyl (C=O) groups is 1. The van der Waals surface area contributed by atoms with E-state index in [9.17, 15) is 4.79 Å². The normalized spacial score (nSPS) is 12.6. The number of carboxylic acids is 1. The number of aryl methyl sites for hydroxylation is 1.